The minimum atomic E-state index is 0.135. The van der Waals surface area contributed by atoms with Crippen molar-refractivity contribution < 1.29 is 0 Å². The maximum absolute atomic E-state index is 4.70. The average molecular weight is 256 g/mol. The monoisotopic (exact) mass is 256 g/mol. The van der Waals surface area contributed by atoms with Crippen molar-refractivity contribution in [3.8, 4) is 0 Å². The van der Waals surface area contributed by atoms with Gasteiger partial charge in [-0.3, -0.25) is 0 Å². The Hall–Kier alpha value is -0.0600. The molecule has 1 fully saturated rings. The van der Waals surface area contributed by atoms with Crippen molar-refractivity contribution in [2.75, 3.05) is 11.5 Å². The summed E-state index contributed by atoms with van der Waals surface area (Å²) in [6.45, 7) is 6.53. The summed E-state index contributed by atoms with van der Waals surface area (Å²) in [5.74, 6) is 2.46. The van der Waals surface area contributed by atoms with E-state index in [0.29, 0.717) is 6.04 Å². The van der Waals surface area contributed by atoms with Crippen molar-refractivity contribution in [1.82, 2.24) is 10.3 Å². The van der Waals surface area contributed by atoms with E-state index in [0.717, 1.165) is 11.4 Å². The minimum absolute atomic E-state index is 0.135. The number of thiazole rings is 1. The van der Waals surface area contributed by atoms with E-state index in [2.05, 4.69) is 43.2 Å². The van der Waals surface area contributed by atoms with Crippen LogP contribution in [0.3, 0.4) is 0 Å². The molecular formula is C12H20N2S2. The second kappa shape index (κ2) is 5.07. The summed E-state index contributed by atoms with van der Waals surface area (Å²) < 4.78 is 0. The highest BCUT2D eigenvalue weighted by Crippen LogP contribution is 2.37. The Labute approximate surface area is 106 Å². The van der Waals surface area contributed by atoms with E-state index in [1.54, 1.807) is 0 Å². The van der Waals surface area contributed by atoms with Crippen LogP contribution in [0.15, 0.2) is 5.38 Å². The van der Waals surface area contributed by atoms with Crippen LogP contribution < -0.4 is 5.32 Å². The van der Waals surface area contributed by atoms with Crippen molar-refractivity contribution in [2.45, 2.75) is 45.2 Å². The summed E-state index contributed by atoms with van der Waals surface area (Å²) >= 11 is 3.86. The molecule has 1 aromatic heterocycles. The Balaban J connectivity index is 2.25. The molecule has 1 unspecified atom stereocenters. The zero-order valence-corrected chi connectivity index (χ0v) is 11.9. The van der Waals surface area contributed by atoms with Crippen LogP contribution in [-0.2, 0) is 5.54 Å². The first-order valence-corrected chi connectivity index (χ1v) is 7.94. The first-order valence-electron chi connectivity index (χ1n) is 5.90. The van der Waals surface area contributed by atoms with Gasteiger partial charge in [-0.1, -0.05) is 0 Å². The maximum Gasteiger partial charge on any atom is 0.114 e. The lowest BCUT2D eigenvalue weighted by Crippen LogP contribution is -2.49. The lowest BCUT2D eigenvalue weighted by molar-refractivity contribution is 0.309. The van der Waals surface area contributed by atoms with Gasteiger partial charge in [-0.15, -0.1) is 11.3 Å². The first-order chi connectivity index (χ1) is 7.62. The predicted octanol–water partition coefficient (Wildman–Crippen LogP) is 3.17. The Morgan fingerprint density at radius 1 is 1.50 bits per heavy atom. The van der Waals surface area contributed by atoms with Crippen LogP contribution in [0.5, 0.6) is 0 Å². The van der Waals surface area contributed by atoms with Gasteiger partial charge in [-0.2, -0.15) is 11.8 Å². The third-order valence-corrected chi connectivity index (χ3v) is 5.27. The number of nitrogens with one attached hydrogen (secondary N) is 1. The second-order valence-electron chi connectivity index (χ2n) is 4.83. The van der Waals surface area contributed by atoms with Crippen molar-refractivity contribution in [1.29, 1.82) is 0 Å². The summed E-state index contributed by atoms with van der Waals surface area (Å²) in [4.78, 5) is 4.70. The SMILES string of the molecule is Cc1csc(C2(NC(C)C)CCCSC2)n1. The van der Waals surface area contributed by atoms with Gasteiger partial charge in [0.1, 0.15) is 5.01 Å². The molecule has 0 spiro atoms. The van der Waals surface area contributed by atoms with Crippen molar-refractivity contribution in [2.24, 2.45) is 0 Å². The topological polar surface area (TPSA) is 24.9 Å². The third-order valence-electron chi connectivity index (χ3n) is 2.83. The zero-order chi connectivity index (χ0) is 11.6. The molecule has 4 heteroatoms. The van der Waals surface area contributed by atoms with Crippen LogP contribution >= 0.6 is 23.1 Å². The molecule has 0 saturated carbocycles. The molecule has 2 nitrogen and oxygen atoms in total. The molecule has 1 aliphatic heterocycles. The fraction of sp³-hybridized carbons (Fsp3) is 0.750. The predicted molar refractivity (Wildman–Crippen MR) is 73.4 cm³/mol. The van der Waals surface area contributed by atoms with E-state index in [9.17, 15) is 0 Å². The molecule has 1 N–H and O–H groups in total. The molecular weight excluding hydrogens is 236 g/mol. The Morgan fingerprint density at radius 3 is 2.81 bits per heavy atom. The van der Waals surface area contributed by atoms with Crippen LogP contribution in [0.1, 0.15) is 37.4 Å². The molecule has 1 aromatic rings. The van der Waals surface area contributed by atoms with Crippen LogP contribution in [0.25, 0.3) is 0 Å². The summed E-state index contributed by atoms with van der Waals surface area (Å²) in [6.07, 6.45) is 2.52. The van der Waals surface area contributed by atoms with E-state index in [1.165, 1.54) is 23.6 Å². The molecule has 0 aliphatic carbocycles. The fourth-order valence-corrected chi connectivity index (χ4v) is 4.55. The van der Waals surface area contributed by atoms with Gasteiger partial charge in [0.15, 0.2) is 0 Å². The molecule has 0 bridgehead atoms. The summed E-state index contributed by atoms with van der Waals surface area (Å²) in [5.41, 5.74) is 1.29. The zero-order valence-electron chi connectivity index (χ0n) is 10.2. The molecule has 1 atom stereocenters. The number of thioether (sulfide) groups is 1. The Kier molecular flexibility index (Phi) is 3.93. The van der Waals surface area contributed by atoms with E-state index < -0.39 is 0 Å². The van der Waals surface area contributed by atoms with Gasteiger partial charge in [0.05, 0.1) is 5.54 Å². The van der Waals surface area contributed by atoms with Gasteiger partial charge in [0.2, 0.25) is 0 Å². The highest BCUT2D eigenvalue weighted by Gasteiger charge is 2.37. The van der Waals surface area contributed by atoms with Crippen LogP contribution in [0.2, 0.25) is 0 Å². The standard InChI is InChI=1S/C12H20N2S2/c1-9(2)14-12(5-4-6-15-8-12)11-13-10(3)7-16-11/h7,9,14H,4-6,8H2,1-3H3. The van der Waals surface area contributed by atoms with E-state index in [4.69, 9.17) is 4.98 Å². The van der Waals surface area contributed by atoms with Crippen molar-refractivity contribution in [3.63, 3.8) is 0 Å². The first kappa shape index (κ1) is 12.4. The molecule has 0 aromatic carbocycles. The molecule has 1 saturated heterocycles. The number of hydrogen-bond acceptors (Lipinski definition) is 4. The van der Waals surface area contributed by atoms with Crippen LogP contribution in [-0.4, -0.2) is 22.5 Å². The second-order valence-corrected chi connectivity index (χ2v) is 6.79. The number of rotatable bonds is 3. The molecule has 16 heavy (non-hydrogen) atoms. The lowest BCUT2D eigenvalue weighted by Gasteiger charge is -2.37. The van der Waals surface area contributed by atoms with Gasteiger partial charge >= 0.3 is 0 Å². The highest BCUT2D eigenvalue weighted by atomic mass is 32.2. The van der Waals surface area contributed by atoms with Crippen molar-refractivity contribution >= 4 is 23.1 Å². The van der Waals surface area contributed by atoms with Crippen molar-refractivity contribution in [3.05, 3.63) is 16.1 Å². The van der Waals surface area contributed by atoms with Gasteiger partial charge < -0.3 is 5.32 Å². The van der Waals surface area contributed by atoms with Gasteiger partial charge in [0, 0.05) is 22.9 Å². The quantitative estimate of drug-likeness (QED) is 0.899. The number of aromatic nitrogens is 1. The maximum atomic E-state index is 4.70. The van der Waals surface area contributed by atoms with E-state index >= 15 is 0 Å². The van der Waals surface area contributed by atoms with Gasteiger partial charge in [0.25, 0.3) is 0 Å². The minimum Gasteiger partial charge on any atom is -0.302 e. The van der Waals surface area contributed by atoms with Gasteiger partial charge in [-0.25, -0.2) is 4.98 Å². The molecule has 0 radical (unpaired) electrons. The lowest BCUT2D eigenvalue weighted by atomic mass is 9.95. The molecule has 1 aliphatic rings. The Bertz CT molecular complexity index is 341. The fourth-order valence-electron chi connectivity index (χ4n) is 2.27. The molecule has 0 amide bonds. The largest absolute Gasteiger partial charge is 0.302 e. The summed E-state index contributed by atoms with van der Waals surface area (Å²) in [7, 11) is 0. The Morgan fingerprint density at radius 2 is 2.31 bits per heavy atom. The number of hydrogen-bond donors (Lipinski definition) is 1. The van der Waals surface area contributed by atoms with Crippen LogP contribution in [0, 0.1) is 6.92 Å². The highest BCUT2D eigenvalue weighted by molar-refractivity contribution is 7.99. The number of nitrogens with zero attached hydrogens (tertiary/aromatic N) is 1. The molecule has 2 heterocycles. The number of aryl methyl sites for hydroxylation is 1. The van der Waals surface area contributed by atoms with E-state index in [1.807, 2.05) is 11.3 Å². The molecule has 2 rings (SSSR count). The van der Waals surface area contributed by atoms with Crippen LogP contribution in [0.4, 0.5) is 0 Å². The average Bonchev–Trinajstić information content (AvgIpc) is 2.66. The normalized spacial score (nSPS) is 26.2. The van der Waals surface area contributed by atoms with Gasteiger partial charge in [-0.05, 0) is 39.4 Å². The third kappa shape index (κ3) is 2.60. The van der Waals surface area contributed by atoms with E-state index in [-0.39, 0.29) is 5.54 Å². The molecule has 90 valence electrons. The summed E-state index contributed by atoms with van der Waals surface area (Å²) in [5, 5.41) is 7.20. The smallest absolute Gasteiger partial charge is 0.114 e. The summed E-state index contributed by atoms with van der Waals surface area (Å²) in [6, 6.07) is 0.517.